The number of sulfonamides is 1. The van der Waals surface area contributed by atoms with E-state index in [1.165, 1.54) is 11.0 Å². The van der Waals surface area contributed by atoms with Crippen molar-refractivity contribution >= 4 is 27.2 Å². The van der Waals surface area contributed by atoms with Gasteiger partial charge in [-0.2, -0.15) is 13.2 Å². The van der Waals surface area contributed by atoms with E-state index in [2.05, 4.69) is 14.6 Å². The molecule has 7 nitrogen and oxygen atoms in total. The van der Waals surface area contributed by atoms with Crippen molar-refractivity contribution in [1.82, 2.24) is 4.98 Å². The normalized spacial score (nSPS) is 13.8. The van der Waals surface area contributed by atoms with Gasteiger partial charge in [-0.25, -0.2) is 20.0 Å². The molecule has 0 fully saturated rings. The number of halogens is 6. The van der Waals surface area contributed by atoms with Crippen LogP contribution < -0.4 is 13.9 Å². The molecular formula is C31H24F6N4O3S. The summed E-state index contributed by atoms with van der Waals surface area (Å²) in [6.45, 7) is 10.5. The summed E-state index contributed by atoms with van der Waals surface area (Å²) in [6.07, 6.45) is -9.80. The zero-order valence-corrected chi connectivity index (χ0v) is 24.5. The number of rotatable bonds is 6. The lowest BCUT2D eigenvalue weighted by Crippen LogP contribution is -2.33. The van der Waals surface area contributed by atoms with Crippen LogP contribution in [0.1, 0.15) is 36.2 Å². The Morgan fingerprint density at radius 2 is 1.56 bits per heavy atom. The van der Waals surface area contributed by atoms with Crippen LogP contribution in [-0.4, -0.2) is 19.8 Å². The van der Waals surface area contributed by atoms with E-state index in [0.29, 0.717) is 5.56 Å². The van der Waals surface area contributed by atoms with Gasteiger partial charge < -0.3 is 14.5 Å². The Morgan fingerprint density at radius 1 is 0.889 bits per heavy atom. The molecule has 0 spiro atoms. The van der Waals surface area contributed by atoms with Crippen LogP contribution in [0.2, 0.25) is 0 Å². The van der Waals surface area contributed by atoms with Gasteiger partial charge in [-0.05, 0) is 48.0 Å². The first-order valence-electron chi connectivity index (χ1n) is 13.3. The molecule has 0 aliphatic carbocycles. The van der Waals surface area contributed by atoms with E-state index < -0.39 is 51.0 Å². The lowest BCUT2D eigenvalue weighted by molar-refractivity contribution is -0.274. The number of alkyl halides is 6. The number of pyridine rings is 1. The van der Waals surface area contributed by atoms with Gasteiger partial charge in [0.15, 0.2) is 0 Å². The molecular weight excluding hydrogens is 622 g/mol. The molecule has 14 heteroatoms. The van der Waals surface area contributed by atoms with E-state index in [1.54, 1.807) is 56.3 Å². The number of hydrogen-bond acceptors (Lipinski definition) is 5. The second-order valence-corrected chi connectivity index (χ2v) is 12.5. The summed E-state index contributed by atoms with van der Waals surface area (Å²) < 4.78 is 113. The minimum atomic E-state index is -5.00. The smallest absolute Gasteiger partial charge is 0.406 e. The van der Waals surface area contributed by atoms with Crippen LogP contribution in [0.4, 0.5) is 43.5 Å². The summed E-state index contributed by atoms with van der Waals surface area (Å²) in [4.78, 5) is 8.73. The highest BCUT2D eigenvalue weighted by Crippen LogP contribution is 2.48. The molecule has 0 unspecified atom stereocenters. The van der Waals surface area contributed by atoms with Crippen molar-refractivity contribution in [1.29, 1.82) is 0 Å². The van der Waals surface area contributed by atoms with Crippen molar-refractivity contribution in [3.05, 3.63) is 119 Å². The molecule has 45 heavy (non-hydrogen) atoms. The second-order valence-electron chi connectivity index (χ2n) is 10.6. The highest BCUT2D eigenvalue weighted by molar-refractivity contribution is 7.92. The van der Waals surface area contributed by atoms with Gasteiger partial charge in [-0.3, -0.25) is 4.31 Å². The summed E-state index contributed by atoms with van der Waals surface area (Å²) >= 11 is 0. The Balaban J connectivity index is 1.79. The zero-order chi connectivity index (χ0) is 32.8. The van der Waals surface area contributed by atoms with Gasteiger partial charge >= 0.3 is 12.5 Å². The number of benzene rings is 3. The van der Waals surface area contributed by atoms with E-state index in [1.807, 2.05) is 0 Å². The minimum Gasteiger partial charge on any atom is -0.406 e. The van der Waals surface area contributed by atoms with Crippen LogP contribution in [0.25, 0.3) is 4.85 Å². The van der Waals surface area contributed by atoms with Gasteiger partial charge in [0.25, 0.3) is 15.6 Å². The highest BCUT2D eigenvalue weighted by atomic mass is 32.2. The molecule has 0 saturated carbocycles. The molecule has 4 aromatic rings. The Hall–Kier alpha value is -4.77. The molecule has 1 aromatic heterocycles. The van der Waals surface area contributed by atoms with E-state index >= 15 is 0 Å². The van der Waals surface area contributed by atoms with Gasteiger partial charge in [0.05, 0.1) is 28.4 Å². The molecule has 0 N–H and O–H groups in total. The largest absolute Gasteiger partial charge is 0.573 e. The van der Waals surface area contributed by atoms with Crippen molar-refractivity contribution in [2.45, 2.75) is 49.9 Å². The lowest BCUT2D eigenvalue weighted by atomic mass is 9.92. The molecule has 0 amide bonds. The number of aromatic nitrogens is 1. The summed E-state index contributed by atoms with van der Waals surface area (Å²) in [7, 11) is -4.61. The SMILES string of the molecule is [C-]#[N+]C(C)(C)c1cccc2c1N(S(=O)(=O)c1ccc(OC(F)(F)F)cc1)Cc1ccc(C(F)(F)F)nc1N2Cc1ccccc1. The standard InChI is InChI=1S/C31H24F6N4O3S/c1-29(2,38-3)24-10-7-11-25-27(24)41(45(42,43)23-15-13-22(14-16-23)44-31(35,36)37)19-21-12-17-26(30(32,33)34)39-28(21)40(25)18-20-8-5-4-6-9-20/h4-17H,18-19H2,1-2H3. The number of fused-ring (bicyclic) bond motifs is 2. The lowest BCUT2D eigenvalue weighted by Gasteiger charge is -2.31. The van der Waals surface area contributed by atoms with E-state index in [-0.39, 0.29) is 34.9 Å². The molecule has 0 radical (unpaired) electrons. The first-order chi connectivity index (χ1) is 21.0. The molecule has 1 aliphatic rings. The predicted octanol–water partition coefficient (Wildman–Crippen LogP) is 8.20. The quantitative estimate of drug-likeness (QED) is 0.156. The molecule has 234 valence electrons. The first kappa shape index (κ1) is 31.6. The molecule has 0 atom stereocenters. The Bertz CT molecular complexity index is 1870. The average Bonchev–Trinajstić information content (AvgIpc) is 3.11. The third-order valence-corrected chi connectivity index (χ3v) is 8.90. The van der Waals surface area contributed by atoms with Crippen molar-refractivity contribution in [2.75, 3.05) is 9.21 Å². The summed E-state index contributed by atoms with van der Waals surface area (Å²) in [5, 5.41) is 0. The van der Waals surface area contributed by atoms with Gasteiger partial charge in [0.1, 0.15) is 17.3 Å². The van der Waals surface area contributed by atoms with Gasteiger partial charge in [-0.15, -0.1) is 13.2 Å². The van der Waals surface area contributed by atoms with Gasteiger partial charge in [0, 0.05) is 26.0 Å². The maximum atomic E-state index is 14.3. The number of hydrogen-bond donors (Lipinski definition) is 0. The fraction of sp³-hybridized carbons (Fsp3) is 0.226. The van der Waals surface area contributed by atoms with Crippen molar-refractivity contribution in [3.63, 3.8) is 0 Å². The van der Waals surface area contributed by atoms with Crippen molar-refractivity contribution in [3.8, 4) is 5.75 Å². The topological polar surface area (TPSA) is 67.1 Å². The van der Waals surface area contributed by atoms with Crippen LogP contribution in [0.3, 0.4) is 0 Å². The first-order valence-corrected chi connectivity index (χ1v) is 14.7. The predicted molar refractivity (Wildman–Crippen MR) is 154 cm³/mol. The minimum absolute atomic E-state index is 0.00554. The third-order valence-electron chi connectivity index (χ3n) is 7.14. The molecule has 1 aliphatic heterocycles. The molecule has 3 aromatic carbocycles. The Morgan fingerprint density at radius 3 is 2.16 bits per heavy atom. The number of para-hydroxylation sites is 1. The van der Waals surface area contributed by atoms with Crippen LogP contribution in [-0.2, 0) is 34.8 Å². The molecule has 5 rings (SSSR count). The van der Waals surface area contributed by atoms with Crippen molar-refractivity contribution < 1.29 is 39.5 Å². The monoisotopic (exact) mass is 646 g/mol. The maximum Gasteiger partial charge on any atom is 0.573 e. The highest BCUT2D eigenvalue weighted by Gasteiger charge is 2.42. The Labute approximate surface area is 255 Å². The van der Waals surface area contributed by atoms with Crippen LogP contribution in [0.15, 0.2) is 89.8 Å². The fourth-order valence-electron chi connectivity index (χ4n) is 4.98. The second kappa shape index (κ2) is 11.3. The third kappa shape index (κ3) is 6.39. The van der Waals surface area contributed by atoms with Crippen LogP contribution in [0, 0.1) is 6.57 Å². The van der Waals surface area contributed by atoms with E-state index in [4.69, 9.17) is 6.57 Å². The molecule has 0 saturated heterocycles. The van der Waals surface area contributed by atoms with E-state index in [0.717, 1.165) is 40.7 Å². The fourth-order valence-corrected chi connectivity index (χ4v) is 6.45. The Kier molecular flexibility index (Phi) is 7.95. The van der Waals surface area contributed by atoms with Crippen LogP contribution in [0.5, 0.6) is 5.75 Å². The molecule has 0 bridgehead atoms. The van der Waals surface area contributed by atoms with Crippen LogP contribution >= 0.6 is 0 Å². The number of nitrogens with zero attached hydrogens (tertiary/aromatic N) is 4. The maximum absolute atomic E-state index is 14.3. The number of anilines is 3. The summed E-state index contributed by atoms with van der Waals surface area (Å²) in [5.74, 6) is -0.782. The van der Waals surface area contributed by atoms with Gasteiger partial charge in [-0.1, -0.05) is 42.5 Å². The zero-order valence-electron chi connectivity index (χ0n) is 23.7. The summed E-state index contributed by atoms with van der Waals surface area (Å²) in [6, 6.07) is 18.9. The van der Waals surface area contributed by atoms with E-state index in [9.17, 15) is 34.8 Å². The van der Waals surface area contributed by atoms with Crippen molar-refractivity contribution in [2.24, 2.45) is 0 Å². The summed E-state index contributed by atoms with van der Waals surface area (Å²) in [5.41, 5.74) is -1.23. The average molecular weight is 647 g/mol. The van der Waals surface area contributed by atoms with Gasteiger partial charge in [0.2, 0.25) is 0 Å². The molecule has 2 heterocycles. The number of ether oxygens (including phenoxy) is 1.